The van der Waals surface area contributed by atoms with Crippen LogP contribution in [0.1, 0.15) is 58.4 Å². The van der Waals surface area contributed by atoms with E-state index in [0.29, 0.717) is 19.3 Å². The second-order valence-electron chi connectivity index (χ2n) is 11.4. The number of hydrogen-bond acceptors (Lipinski definition) is 7. The predicted octanol–water partition coefficient (Wildman–Crippen LogP) is 0.774. The number of esters is 1. The molecule has 0 aromatic heterocycles. The highest BCUT2D eigenvalue weighted by molar-refractivity contribution is 6.37. The first-order chi connectivity index (χ1) is 18.9. The molecule has 1 saturated heterocycles. The molecule has 40 heavy (non-hydrogen) atoms. The number of nitrogens with zero attached hydrogens (tertiary/aromatic N) is 1. The van der Waals surface area contributed by atoms with Gasteiger partial charge in [0, 0.05) is 6.54 Å². The van der Waals surface area contributed by atoms with Crippen molar-refractivity contribution in [1.82, 2.24) is 20.9 Å². The van der Waals surface area contributed by atoms with Crippen LogP contribution in [0.4, 0.5) is 4.79 Å². The van der Waals surface area contributed by atoms with Gasteiger partial charge in [-0.05, 0) is 36.2 Å². The number of likely N-dealkylation sites (tertiary alicyclic amines) is 1. The molecule has 0 bridgehead atoms. The molecule has 1 heterocycles. The van der Waals surface area contributed by atoms with Gasteiger partial charge >= 0.3 is 12.0 Å². The van der Waals surface area contributed by atoms with E-state index in [2.05, 4.69) is 16.0 Å². The number of ether oxygens (including phenoxy) is 1. The Labute approximate surface area is 233 Å². The summed E-state index contributed by atoms with van der Waals surface area (Å²) in [7, 11) is 0. The fourth-order valence-corrected chi connectivity index (χ4v) is 4.60. The number of urea groups is 1. The third-order valence-corrected chi connectivity index (χ3v) is 7.00. The maximum atomic E-state index is 13.6. The van der Waals surface area contributed by atoms with Gasteiger partial charge in [0.25, 0.3) is 5.91 Å². The Morgan fingerprint density at radius 2 is 1.70 bits per heavy atom. The summed E-state index contributed by atoms with van der Waals surface area (Å²) >= 11 is 0. The van der Waals surface area contributed by atoms with Crippen LogP contribution in [-0.2, 0) is 35.3 Å². The standard InChI is InChI=1S/C28H39N5O7/c1-28(2,3)23(32-27(39)30-15-21(34)40-16-18-8-5-4-6-9-18)26(38)33-13-7-10-20(33)25(37)31-19(14-17-11-12-17)22(35)24(29)36/h4-6,8-9,17,19-20,23H,7,10-16H2,1-3H3,(H2,29,36)(H,31,37)(H2,30,32,39). The van der Waals surface area contributed by atoms with Crippen LogP contribution in [0.5, 0.6) is 0 Å². The quantitative estimate of drug-likeness (QED) is 0.217. The lowest BCUT2D eigenvalue weighted by Gasteiger charge is -2.35. The number of nitrogens with two attached hydrogens (primary N) is 1. The van der Waals surface area contributed by atoms with E-state index in [1.165, 1.54) is 4.90 Å². The van der Waals surface area contributed by atoms with Gasteiger partial charge in [-0.1, -0.05) is 63.9 Å². The van der Waals surface area contributed by atoms with Crippen molar-refractivity contribution in [2.45, 2.75) is 77.6 Å². The molecule has 3 atom stereocenters. The Hall–Kier alpha value is -3.96. The molecule has 0 spiro atoms. The van der Waals surface area contributed by atoms with Crippen LogP contribution in [-0.4, -0.2) is 71.6 Å². The van der Waals surface area contributed by atoms with Crippen molar-refractivity contribution in [2.75, 3.05) is 13.1 Å². The third kappa shape index (κ3) is 8.78. The summed E-state index contributed by atoms with van der Waals surface area (Å²) in [4.78, 5) is 76.7. The van der Waals surface area contributed by atoms with E-state index in [-0.39, 0.29) is 19.1 Å². The van der Waals surface area contributed by atoms with Gasteiger partial charge < -0.3 is 31.3 Å². The van der Waals surface area contributed by atoms with Crippen molar-refractivity contribution in [3.05, 3.63) is 35.9 Å². The third-order valence-electron chi connectivity index (χ3n) is 7.00. The first kappa shape index (κ1) is 30.6. The van der Waals surface area contributed by atoms with Gasteiger partial charge in [0.2, 0.25) is 17.6 Å². The molecule has 1 aromatic rings. The van der Waals surface area contributed by atoms with Crippen molar-refractivity contribution in [2.24, 2.45) is 17.1 Å². The molecule has 3 rings (SSSR count). The minimum Gasteiger partial charge on any atom is -0.460 e. The molecule has 12 heteroatoms. The van der Waals surface area contributed by atoms with Gasteiger partial charge in [-0.2, -0.15) is 0 Å². The zero-order valence-electron chi connectivity index (χ0n) is 23.2. The smallest absolute Gasteiger partial charge is 0.325 e. The van der Waals surface area contributed by atoms with Crippen LogP contribution >= 0.6 is 0 Å². The molecule has 5 amide bonds. The van der Waals surface area contributed by atoms with Crippen molar-refractivity contribution >= 4 is 35.5 Å². The van der Waals surface area contributed by atoms with E-state index in [0.717, 1.165) is 18.4 Å². The molecule has 0 radical (unpaired) electrons. The first-order valence-corrected chi connectivity index (χ1v) is 13.5. The number of carbonyl (C=O) groups is 6. The number of primary amides is 1. The minimum absolute atomic E-state index is 0.0665. The molecule has 12 nitrogen and oxygen atoms in total. The number of rotatable bonds is 12. The van der Waals surface area contributed by atoms with Crippen LogP contribution in [0.15, 0.2) is 30.3 Å². The van der Waals surface area contributed by atoms with Crippen LogP contribution in [0.2, 0.25) is 0 Å². The Kier molecular flexibility index (Phi) is 10.2. The lowest BCUT2D eigenvalue weighted by molar-refractivity contribution is -0.143. The fourth-order valence-electron chi connectivity index (χ4n) is 4.60. The van der Waals surface area contributed by atoms with E-state index >= 15 is 0 Å². The zero-order valence-corrected chi connectivity index (χ0v) is 23.2. The van der Waals surface area contributed by atoms with Gasteiger partial charge in [0.05, 0.1) is 6.04 Å². The van der Waals surface area contributed by atoms with Crippen molar-refractivity contribution < 1.29 is 33.5 Å². The Balaban J connectivity index is 1.59. The highest BCUT2D eigenvalue weighted by Crippen LogP contribution is 2.34. The molecule has 1 aromatic carbocycles. The van der Waals surface area contributed by atoms with Crippen LogP contribution < -0.4 is 21.7 Å². The number of carbonyl (C=O) groups excluding carboxylic acids is 6. The summed E-state index contributed by atoms with van der Waals surface area (Å²) in [6, 6.07) is 5.45. The molecule has 3 unspecified atom stereocenters. The second kappa shape index (κ2) is 13.4. The lowest BCUT2D eigenvalue weighted by Crippen LogP contribution is -2.60. The van der Waals surface area contributed by atoms with Crippen molar-refractivity contribution in [3.8, 4) is 0 Å². The van der Waals surface area contributed by atoms with E-state index in [4.69, 9.17) is 10.5 Å². The molecule has 2 aliphatic rings. The SMILES string of the molecule is CC(C)(C)C(NC(=O)NCC(=O)OCc1ccccc1)C(=O)N1CCCC1C(=O)NC(CC1CC1)C(=O)C(N)=O. The average molecular weight is 558 g/mol. The number of hydrogen-bond donors (Lipinski definition) is 4. The Morgan fingerprint density at radius 3 is 2.30 bits per heavy atom. The summed E-state index contributed by atoms with van der Waals surface area (Å²) in [5.41, 5.74) is 5.25. The summed E-state index contributed by atoms with van der Waals surface area (Å²) in [6.07, 6.45) is 3.08. The summed E-state index contributed by atoms with van der Waals surface area (Å²) in [5, 5.41) is 7.69. The number of Topliss-reactive ketones (excluding diaryl/α,β-unsaturated/α-hetero) is 1. The van der Waals surface area contributed by atoms with Crippen LogP contribution in [0, 0.1) is 11.3 Å². The largest absolute Gasteiger partial charge is 0.460 e. The Morgan fingerprint density at radius 1 is 1.02 bits per heavy atom. The van der Waals surface area contributed by atoms with Gasteiger partial charge in [-0.25, -0.2) is 4.79 Å². The first-order valence-electron chi connectivity index (χ1n) is 13.5. The van der Waals surface area contributed by atoms with Gasteiger partial charge in [-0.15, -0.1) is 0 Å². The number of amides is 5. The molecule has 5 N–H and O–H groups in total. The number of benzene rings is 1. The average Bonchev–Trinajstić information content (AvgIpc) is 3.59. The second-order valence-corrected chi connectivity index (χ2v) is 11.4. The normalized spacial score (nSPS) is 18.3. The summed E-state index contributed by atoms with van der Waals surface area (Å²) < 4.78 is 5.16. The van der Waals surface area contributed by atoms with Crippen molar-refractivity contribution in [1.29, 1.82) is 0 Å². The molecule has 2 fully saturated rings. The maximum Gasteiger partial charge on any atom is 0.325 e. The van der Waals surface area contributed by atoms with E-state index in [1.54, 1.807) is 20.8 Å². The minimum atomic E-state index is -1.11. The van der Waals surface area contributed by atoms with E-state index in [1.807, 2.05) is 30.3 Å². The van der Waals surface area contributed by atoms with Gasteiger partial charge in [0.1, 0.15) is 25.2 Å². The van der Waals surface area contributed by atoms with Crippen LogP contribution in [0.25, 0.3) is 0 Å². The van der Waals surface area contributed by atoms with E-state index < -0.39 is 65.6 Å². The van der Waals surface area contributed by atoms with Gasteiger partial charge in [0.15, 0.2) is 0 Å². The monoisotopic (exact) mass is 557 g/mol. The summed E-state index contributed by atoms with van der Waals surface area (Å²) in [6.45, 7) is 5.27. The summed E-state index contributed by atoms with van der Waals surface area (Å²) in [5.74, 6) is -3.36. The molecule has 218 valence electrons. The van der Waals surface area contributed by atoms with Crippen molar-refractivity contribution in [3.63, 3.8) is 0 Å². The molecule has 1 saturated carbocycles. The van der Waals surface area contributed by atoms with E-state index in [9.17, 15) is 28.8 Å². The maximum absolute atomic E-state index is 13.6. The topological polar surface area (TPSA) is 177 Å². The highest BCUT2D eigenvalue weighted by atomic mass is 16.5. The van der Waals surface area contributed by atoms with Crippen LogP contribution in [0.3, 0.4) is 0 Å². The zero-order chi connectivity index (χ0) is 29.4. The molecular weight excluding hydrogens is 518 g/mol. The predicted molar refractivity (Wildman–Crippen MR) is 144 cm³/mol. The Bertz CT molecular complexity index is 1110. The highest BCUT2D eigenvalue weighted by Gasteiger charge is 2.43. The molecule has 1 aliphatic heterocycles. The number of ketones is 1. The molecule has 1 aliphatic carbocycles. The lowest BCUT2D eigenvalue weighted by atomic mass is 9.85. The number of nitrogens with one attached hydrogen (secondary N) is 3. The van der Waals surface area contributed by atoms with Gasteiger partial charge in [-0.3, -0.25) is 24.0 Å². The fraction of sp³-hybridized carbons (Fsp3) is 0.571. The molecular formula is C28H39N5O7.